The van der Waals surface area contributed by atoms with Gasteiger partial charge in [0.15, 0.2) is 11.5 Å². The van der Waals surface area contributed by atoms with E-state index in [2.05, 4.69) is 20.1 Å². The van der Waals surface area contributed by atoms with Gasteiger partial charge in [-0.05, 0) is 25.1 Å². The van der Waals surface area contributed by atoms with Crippen molar-refractivity contribution < 1.29 is 0 Å². The third-order valence-corrected chi connectivity index (χ3v) is 5.02. The van der Waals surface area contributed by atoms with Crippen molar-refractivity contribution in [3.05, 3.63) is 40.1 Å². The van der Waals surface area contributed by atoms with Gasteiger partial charge in [0, 0.05) is 18.8 Å². The minimum absolute atomic E-state index is 0.0661. The van der Waals surface area contributed by atoms with Crippen LogP contribution in [0.3, 0.4) is 0 Å². The number of nitrogen functional groups attached to an aromatic ring is 1. The van der Waals surface area contributed by atoms with E-state index in [0.29, 0.717) is 22.1 Å². The molecule has 4 rings (SSSR count). The van der Waals surface area contributed by atoms with E-state index < -0.39 is 0 Å². The molecule has 0 atom stereocenters. The molecular weight excluding hydrogens is 370 g/mol. The lowest BCUT2D eigenvalue weighted by Gasteiger charge is -2.09. The molecule has 2 N–H and O–H groups in total. The van der Waals surface area contributed by atoms with Gasteiger partial charge < -0.3 is 5.73 Å². The zero-order chi connectivity index (χ0) is 18.4. The zero-order valence-electron chi connectivity index (χ0n) is 13.9. The Labute approximate surface area is 157 Å². The lowest BCUT2D eigenvalue weighted by atomic mass is 10.1. The van der Waals surface area contributed by atoms with Crippen LogP contribution in [-0.2, 0) is 7.05 Å². The molecule has 4 aromatic rings. The highest BCUT2D eigenvalue weighted by atomic mass is 35.5. The summed E-state index contributed by atoms with van der Waals surface area (Å²) in [6.07, 6.45) is 1.80. The van der Waals surface area contributed by atoms with Gasteiger partial charge in [0.05, 0.1) is 14.7 Å². The molecule has 0 aliphatic rings. The number of halogens is 1. The fraction of sp³-hybridized carbons (Fsp3) is 0.118. The molecule has 3 aromatic heterocycles. The maximum Gasteiger partial charge on any atom is 0.183 e. The average molecular weight is 382 g/mol. The first-order valence-corrected chi connectivity index (χ1v) is 8.80. The first kappa shape index (κ1) is 16.4. The van der Waals surface area contributed by atoms with Crippen LogP contribution in [-0.4, -0.2) is 24.7 Å². The fourth-order valence-electron chi connectivity index (χ4n) is 2.69. The molecular formula is C17H12ClN7S. The maximum absolute atomic E-state index is 9.30. The molecule has 26 heavy (non-hydrogen) atoms. The topological polar surface area (TPSA) is 106 Å². The molecule has 7 nitrogen and oxygen atoms in total. The van der Waals surface area contributed by atoms with E-state index in [4.69, 9.17) is 17.3 Å². The zero-order valence-corrected chi connectivity index (χ0v) is 15.4. The van der Waals surface area contributed by atoms with Crippen LogP contribution >= 0.6 is 22.9 Å². The molecule has 0 fully saturated rings. The van der Waals surface area contributed by atoms with E-state index in [9.17, 15) is 5.26 Å². The molecule has 0 unspecified atom stereocenters. The monoisotopic (exact) mass is 381 g/mol. The minimum Gasteiger partial charge on any atom is -0.381 e. The van der Waals surface area contributed by atoms with Gasteiger partial charge in [0.2, 0.25) is 0 Å². The maximum atomic E-state index is 9.30. The van der Waals surface area contributed by atoms with Crippen LogP contribution in [0.15, 0.2) is 24.4 Å². The van der Waals surface area contributed by atoms with Crippen molar-refractivity contribution in [3.8, 4) is 28.7 Å². The highest BCUT2D eigenvalue weighted by Gasteiger charge is 2.19. The predicted molar refractivity (Wildman–Crippen MR) is 102 cm³/mol. The van der Waals surface area contributed by atoms with Crippen molar-refractivity contribution in [2.75, 3.05) is 5.73 Å². The molecule has 0 amide bonds. The smallest absolute Gasteiger partial charge is 0.183 e. The van der Waals surface area contributed by atoms with Gasteiger partial charge in [-0.3, -0.25) is 4.68 Å². The Kier molecular flexibility index (Phi) is 3.83. The van der Waals surface area contributed by atoms with Crippen LogP contribution in [0.1, 0.15) is 10.7 Å². The summed E-state index contributed by atoms with van der Waals surface area (Å²) >= 11 is 7.96. The molecule has 0 bridgehead atoms. The van der Waals surface area contributed by atoms with Crippen molar-refractivity contribution >= 4 is 39.0 Å². The quantitative estimate of drug-likeness (QED) is 0.568. The van der Waals surface area contributed by atoms with Gasteiger partial charge in [-0.2, -0.15) is 10.4 Å². The summed E-state index contributed by atoms with van der Waals surface area (Å²) in [6.45, 7) is 1.93. The number of hydrogen-bond acceptors (Lipinski definition) is 7. The lowest BCUT2D eigenvalue weighted by Crippen LogP contribution is -2.03. The minimum atomic E-state index is 0.0661. The molecule has 0 saturated heterocycles. The Bertz CT molecular complexity index is 1200. The summed E-state index contributed by atoms with van der Waals surface area (Å²) in [4.78, 5) is 13.3. The van der Waals surface area contributed by atoms with Crippen molar-refractivity contribution in [1.29, 1.82) is 5.26 Å². The number of benzene rings is 1. The van der Waals surface area contributed by atoms with E-state index in [1.165, 1.54) is 0 Å². The number of aryl methyl sites for hydroxylation is 2. The second kappa shape index (κ2) is 6.05. The molecule has 3 heterocycles. The summed E-state index contributed by atoms with van der Waals surface area (Å²) in [5, 5.41) is 15.1. The van der Waals surface area contributed by atoms with Crippen LogP contribution in [0, 0.1) is 18.3 Å². The highest BCUT2D eigenvalue weighted by molar-refractivity contribution is 7.18. The first-order valence-electron chi connectivity index (χ1n) is 7.61. The average Bonchev–Trinajstić information content (AvgIpc) is 3.20. The van der Waals surface area contributed by atoms with Crippen LogP contribution < -0.4 is 5.73 Å². The summed E-state index contributed by atoms with van der Waals surface area (Å²) in [5.41, 5.74) is 9.05. The van der Waals surface area contributed by atoms with Crippen molar-refractivity contribution in [3.63, 3.8) is 0 Å². The number of fused-ring (bicyclic) bond motifs is 1. The summed E-state index contributed by atoms with van der Waals surface area (Å²) < 4.78 is 2.60. The Hall–Kier alpha value is -3.02. The number of nitrogens with zero attached hydrogens (tertiary/aromatic N) is 6. The molecule has 9 heteroatoms. The van der Waals surface area contributed by atoms with Crippen LogP contribution in [0.25, 0.3) is 32.9 Å². The second-order valence-corrected chi connectivity index (χ2v) is 7.32. The number of hydrogen-bond donors (Lipinski definition) is 1. The normalized spacial score (nSPS) is 11.0. The van der Waals surface area contributed by atoms with E-state index in [1.807, 2.05) is 32.2 Å². The van der Waals surface area contributed by atoms with Gasteiger partial charge in [-0.15, -0.1) is 11.3 Å². The van der Waals surface area contributed by atoms with Crippen molar-refractivity contribution in [2.45, 2.75) is 6.92 Å². The standard InChI is InChI=1S/C17H12ClN7S/c1-8-21-15-10(18)5-9(6-13(15)26-8)14-16(11-3-4-25(2)24-11)23-17(20)12(7-19)22-14/h3-6H,1-2H3,(H2,20,23). The van der Waals surface area contributed by atoms with Crippen molar-refractivity contribution in [2.24, 2.45) is 7.05 Å². The number of nitriles is 1. The third kappa shape index (κ3) is 2.67. The molecule has 0 saturated carbocycles. The van der Waals surface area contributed by atoms with Gasteiger partial charge in [0.1, 0.15) is 28.7 Å². The van der Waals surface area contributed by atoms with Crippen LogP contribution in [0.4, 0.5) is 5.82 Å². The Morgan fingerprint density at radius 1 is 1.23 bits per heavy atom. The summed E-state index contributed by atoms with van der Waals surface area (Å²) in [5.74, 6) is 0.0673. The SMILES string of the molecule is Cc1nc2c(Cl)cc(-c3nc(C#N)c(N)nc3-c3ccn(C)n3)cc2s1. The number of rotatable bonds is 2. The lowest BCUT2D eigenvalue weighted by molar-refractivity contribution is 0.770. The van der Waals surface area contributed by atoms with Crippen LogP contribution in [0.2, 0.25) is 5.02 Å². The predicted octanol–water partition coefficient (Wildman–Crippen LogP) is 3.57. The van der Waals surface area contributed by atoms with Crippen LogP contribution in [0.5, 0.6) is 0 Å². The second-order valence-electron chi connectivity index (χ2n) is 5.68. The van der Waals surface area contributed by atoms with E-state index in [1.54, 1.807) is 28.3 Å². The number of nitrogens with two attached hydrogens (primary N) is 1. The molecule has 128 valence electrons. The molecule has 0 spiro atoms. The molecule has 0 radical (unpaired) electrons. The van der Waals surface area contributed by atoms with Gasteiger partial charge in [0.25, 0.3) is 0 Å². The van der Waals surface area contributed by atoms with Crippen molar-refractivity contribution in [1.82, 2.24) is 24.7 Å². The van der Waals surface area contributed by atoms with E-state index >= 15 is 0 Å². The Morgan fingerprint density at radius 3 is 2.73 bits per heavy atom. The number of anilines is 1. The molecule has 0 aliphatic heterocycles. The fourth-order valence-corrected chi connectivity index (χ4v) is 3.90. The number of thiazole rings is 1. The van der Waals surface area contributed by atoms with Gasteiger partial charge in [-0.25, -0.2) is 15.0 Å². The Morgan fingerprint density at radius 2 is 2.04 bits per heavy atom. The third-order valence-electron chi connectivity index (χ3n) is 3.81. The van der Waals surface area contributed by atoms with Gasteiger partial charge in [-0.1, -0.05) is 11.6 Å². The van der Waals surface area contributed by atoms with E-state index in [0.717, 1.165) is 20.8 Å². The van der Waals surface area contributed by atoms with Gasteiger partial charge >= 0.3 is 0 Å². The molecule has 0 aliphatic carbocycles. The largest absolute Gasteiger partial charge is 0.381 e. The molecule has 1 aromatic carbocycles. The first-order chi connectivity index (χ1) is 12.5. The summed E-state index contributed by atoms with van der Waals surface area (Å²) in [6, 6.07) is 7.51. The Balaban J connectivity index is 2.02. The summed E-state index contributed by atoms with van der Waals surface area (Å²) in [7, 11) is 1.81. The number of aromatic nitrogens is 5. The van der Waals surface area contributed by atoms with E-state index in [-0.39, 0.29) is 11.5 Å². The highest BCUT2D eigenvalue weighted by Crippen LogP contribution is 2.36.